The molecule has 5 nitrogen and oxygen atoms in total. The van der Waals surface area contributed by atoms with E-state index in [-0.39, 0.29) is 0 Å². The fraction of sp³-hybridized carbons (Fsp3) is 0.833. The minimum Gasteiger partial charge on any atom is -0.411 e. The van der Waals surface area contributed by atoms with Crippen molar-refractivity contribution < 1.29 is 10.4 Å². The van der Waals surface area contributed by atoms with Gasteiger partial charge in [-0.05, 0) is 39.9 Å². The van der Waals surface area contributed by atoms with Crippen LogP contribution in [0.2, 0.25) is 0 Å². The van der Waals surface area contributed by atoms with Crippen LogP contribution in [0, 0.1) is 0 Å². The molecule has 0 radical (unpaired) electrons. The number of rotatable bonds is 10. The molecule has 0 atom stereocenters. The molecular weight excluding hydrogens is 218 g/mol. The summed E-state index contributed by atoms with van der Waals surface area (Å²) in [4.78, 5) is 2.21. The van der Waals surface area contributed by atoms with Gasteiger partial charge in [-0.2, -0.15) is 0 Å². The molecule has 17 heavy (non-hydrogen) atoms. The zero-order chi connectivity index (χ0) is 12.9. The smallest absolute Gasteiger partial charge is 0.101 e. The van der Waals surface area contributed by atoms with E-state index in [4.69, 9.17) is 10.4 Å². The minimum absolute atomic E-state index is 0.431. The number of oxime groups is 2. The van der Waals surface area contributed by atoms with Gasteiger partial charge in [0.1, 0.15) is 5.71 Å². The second-order valence-corrected chi connectivity index (χ2v) is 4.51. The average molecular weight is 243 g/mol. The van der Waals surface area contributed by atoms with Gasteiger partial charge < -0.3 is 15.3 Å². The fourth-order valence-corrected chi connectivity index (χ4v) is 1.65. The minimum atomic E-state index is 0.431. The van der Waals surface area contributed by atoms with Gasteiger partial charge in [0.25, 0.3) is 0 Å². The monoisotopic (exact) mass is 243 g/mol. The maximum absolute atomic E-state index is 8.56. The van der Waals surface area contributed by atoms with E-state index in [2.05, 4.69) is 29.3 Å². The number of hydrogen-bond donors (Lipinski definition) is 2. The Balaban J connectivity index is 3.29. The van der Waals surface area contributed by atoms with Gasteiger partial charge in [-0.3, -0.25) is 0 Å². The Labute approximate surface area is 104 Å². The third-order valence-electron chi connectivity index (χ3n) is 2.62. The molecule has 0 bridgehead atoms. The van der Waals surface area contributed by atoms with Crippen LogP contribution >= 0.6 is 0 Å². The van der Waals surface area contributed by atoms with Crippen molar-refractivity contribution in [2.24, 2.45) is 10.3 Å². The van der Waals surface area contributed by atoms with E-state index >= 15 is 0 Å². The number of hydrogen-bond acceptors (Lipinski definition) is 5. The van der Waals surface area contributed by atoms with Crippen molar-refractivity contribution in [2.75, 3.05) is 20.6 Å². The average Bonchev–Trinajstić information content (AvgIpc) is 2.30. The summed E-state index contributed by atoms with van der Waals surface area (Å²) in [5, 5.41) is 22.7. The van der Waals surface area contributed by atoms with Crippen LogP contribution in [0.5, 0.6) is 0 Å². The van der Waals surface area contributed by atoms with Crippen molar-refractivity contribution in [1.82, 2.24) is 4.90 Å². The number of nitrogens with zero attached hydrogens (tertiary/aromatic N) is 3. The summed E-state index contributed by atoms with van der Waals surface area (Å²) in [5.74, 6) is 0. The van der Waals surface area contributed by atoms with E-state index in [1.54, 1.807) is 0 Å². The van der Waals surface area contributed by atoms with E-state index in [1.165, 1.54) is 31.9 Å². The molecular formula is C12H25N3O2. The molecule has 0 saturated heterocycles. The van der Waals surface area contributed by atoms with Crippen LogP contribution in [-0.4, -0.2) is 47.9 Å². The molecule has 0 heterocycles. The van der Waals surface area contributed by atoms with Gasteiger partial charge >= 0.3 is 0 Å². The largest absolute Gasteiger partial charge is 0.411 e. The molecule has 0 spiro atoms. The van der Waals surface area contributed by atoms with Crippen molar-refractivity contribution in [3.63, 3.8) is 0 Å². The Kier molecular flexibility index (Phi) is 10.7. The normalized spacial score (nSPS) is 12.8. The van der Waals surface area contributed by atoms with Gasteiger partial charge in [0, 0.05) is 0 Å². The Morgan fingerprint density at radius 3 is 2.12 bits per heavy atom. The van der Waals surface area contributed by atoms with Crippen LogP contribution in [0.4, 0.5) is 0 Å². The summed E-state index contributed by atoms with van der Waals surface area (Å²) in [5.41, 5.74) is 0.431. The van der Waals surface area contributed by atoms with E-state index in [0.717, 1.165) is 19.4 Å². The van der Waals surface area contributed by atoms with Gasteiger partial charge in [-0.25, -0.2) is 0 Å². The molecule has 0 aromatic rings. The standard InChI is InChI=1S/C12H25N3O2/c1-15(2)10-8-6-4-3-5-7-9-12(14-17)11-13-16/h11,16-17H,3-10H2,1-2H3. The highest BCUT2D eigenvalue weighted by Crippen LogP contribution is 2.07. The summed E-state index contributed by atoms with van der Waals surface area (Å²) >= 11 is 0. The third-order valence-corrected chi connectivity index (χ3v) is 2.62. The van der Waals surface area contributed by atoms with E-state index in [0.29, 0.717) is 12.1 Å². The van der Waals surface area contributed by atoms with E-state index in [1.807, 2.05) is 0 Å². The summed E-state index contributed by atoms with van der Waals surface area (Å²) in [7, 11) is 4.19. The van der Waals surface area contributed by atoms with Crippen LogP contribution in [-0.2, 0) is 0 Å². The highest BCUT2D eigenvalue weighted by Gasteiger charge is 1.97. The molecule has 0 amide bonds. The van der Waals surface area contributed by atoms with Crippen molar-refractivity contribution in [1.29, 1.82) is 0 Å². The van der Waals surface area contributed by atoms with Crippen LogP contribution < -0.4 is 0 Å². The van der Waals surface area contributed by atoms with E-state index in [9.17, 15) is 0 Å². The maximum Gasteiger partial charge on any atom is 0.101 e. The van der Waals surface area contributed by atoms with Gasteiger partial charge in [0.05, 0.1) is 6.21 Å². The first-order valence-electron chi connectivity index (χ1n) is 6.23. The first-order chi connectivity index (χ1) is 8.20. The van der Waals surface area contributed by atoms with Crippen LogP contribution in [0.25, 0.3) is 0 Å². The highest BCUT2D eigenvalue weighted by molar-refractivity contribution is 6.30. The Bertz CT molecular complexity index is 228. The second-order valence-electron chi connectivity index (χ2n) is 4.51. The summed E-state index contributed by atoms with van der Waals surface area (Å²) in [6, 6.07) is 0. The summed E-state index contributed by atoms with van der Waals surface area (Å²) in [6.45, 7) is 1.16. The Hall–Kier alpha value is -1.10. The van der Waals surface area contributed by atoms with Gasteiger partial charge in [-0.15, -0.1) is 0 Å². The lowest BCUT2D eigenvalue weighted by molar-refractivity contribution is 0.314. The lowest BCUT2D eigenvalue weighted by Gasteiger charge is -2.08. The van der Waals surface area contributed by atoms with Crippen molar-refractivity contribution >= 4 is 11.9 Å². The molecule has 0 aromatic heterocycles. The molecule has 0 saturated carbocycles. The van der Waals surface area contributed by atoms with Gasteiger partial charge in [0.15, 0.2) is 0 Å². The first-order valence-corrected chi connectivity index (χ1v) is 6.23. The molecule has 0 aliphatic carbocycles. The summed E-state index contributed by atoms with van der Waals surface area (Å²) in [6.07, 6.45) is 8.94. The third kappa shape index (κ3) is 11.2. The van der Waals surface area contributed by atoms with Crippen LogP contribution in [0.1, 0.15) is 44.9 Å². The molecule has 5 heteroatoms. The molecule has 2 N–H and O–H groups in total. The second kappa shape index (κ2) is 11.4. The summed E-state index contributed by atoms with van der Waals surface area (Å²) < 4.78 is 0. The zero-order valence-electron chi connectivity index (χ0n) is 11.0. The predicted octanol–water partition coefficient (Wildman–Crippen LogP) is 2.57. The van der Waals surface area contributed by atoms with Crippen molar-refractivity contribution in [3.05, 3.63) is 0 Å². The molecule has 0 unspecified atom stereocenters. The molecule has 0 rings (SSSR count). The number of unbranched alkanes of at least 4 members (excludes halogenated alkanes) is 5. The molecule has 100 valence electrons. The molecule has 0 aromatic carbocycles. The predicted molar refractivity (Wildman–Crippen MR) is 70.4 cm³/mol. The van der Waals surface area contributed by atoms with Gasteiger partial charge in [-0.1, -0.05) is 36.0 Å². The Morgan fingerprint density at radius 2 is 1.59 bits per heavy atom. The maximum atomic E-state index is 8.56. The molecule has 0 aliphatic rings. The van der Waals surface area contributed by atoms with E-state index < -0.39 is 0 Å². The first kappa shape index (κ1) is 15.9. The lowest BCUT2D eigenvalue weighted by atomic mass is 10.1. The molecule has 0 fully saturated rings. The van der Waals surface area contributed by atoms with Crippen LogP contribution in [0.15, 0.2) is 10.3 Å². The zero-order valence-corrected chi connectivity index (χ0v) is 11.0. The van der Waals surface area contributed by atoms with Crippen molar-refractivity contribution in [3.8, 4) is 0 Å². The SMILES string of the molecule is CN(C)CCCCCCCCC(C=NO)=NO. The van der Waals surface area contributed by atoms with Gasteiger partial charge in [0.2, 0.25) is 0 Å². The molecule has 0 aliphatic heterocycles. The highest BCUT2D eigenvalue weighted by atomic mass is 16.4. The topological polar surface area (TPSA) is 68.4 Å². The fourth-order valence-electron chi connectivity index (χ4n) is 1.65. The quantitative estimate of drug-likeness (QED) is 0.268. The Morgan fingerprint density at radius 1 is 1.00 bits per heavy atom. The lowest BCUT2D eigenvalue weighted by Crippen LogP contribution is -2.12. The van der Waals surface area contributed by atoms with Crippen molar-refractivity contribution in [2.45, 2.75) is 44.9 Å². The van der Waals surface area contributed by atoms with Crippen LogP contribution in [0.3, 0.4) is 0 Å².